The number of hydrogen-bond acceptors (Lipinski definition) is 3. The highest BCUT2D eigenvalue weighted by molar-refractivity contribution is 7.89. The third kappa shape index (κ3) is 5.09. The zero-order valence-corrected chi connectivity index (χ0v) is 16.4. The zero-order valence-electron chi connectivity index (χ0n) is 13.3. The molecule has 2 N–H and O–H groups in total. The summed E-state index contributed by atoms with van der Waals surface area (Å²) in [5.41, 5.74) is 1.17. The van der Waals surface area contributed by atoms with Gasteiger partial charge in [-0.15, -0.1) is 0 Å². The molecule has 2 rings (SSSR count). The molecule has 0 spiro atoms. The van der Waals surface area contributed by atoms with Crippen molar-refractivity contribution in [1.29, 1.82) is 0 Å². The first kappa shape index (κ1) is 20.0. The Morgan fingerprint density at radius 2 is 1.56 bits per heavy atom. The number of amides is 1. The number of aryl methyl sites for hydroxylation is 1. The summed E-state index contributed by atoms with van der Waals surface area (Å²) < 4.78 is 27.0. The van der Waals surface area contributed by atoms with Crippen molar-refractivity contribution >= 4 is 56.4 Å². The van der Waals surface area contributed by atoms with Gasteiger partial charge >= 0.3 is 0 Å². The third-order valence-corrected chi connectivity index (χ3v) is 5.92. The molecule has 9 heteroatoms. The van der Waals surface area contributed by atoms with Crippen molar-refractivity contribution in [2.45, 2.75) is 24.8 Å². The van der Waals surface area contributed by atoms with Crippen molar-refractivity contribution in [1.82, 2.24) is 4.72 Å². The van der Waals surface area contributed by atoms with Gasteiger partial charge in [0.1, 0.15) is 0 Å². The Hall–Kier alpha value is -1.31. The standard InChI is InChI=1S/C16H15Cl3N2O3S/c1-9-3-5-11(6-4-9)25(23,24)21-10(2)16(22)20-15-8-13(18)12(17)7-14(15)19/h3-8,10,21H,1-2H3,(H,20,22)/t10-/m1/s1. The second kappa shape index (κ2) is 7.93. The maximum absolute atomic E-state index is 12.3. The lowest BCUT2D eigenvalue weighted by molar-refractivity contribution is -0.117. The van der Waals surface area contributed by atoms with Crippen molar-refractivity contribution in [2.75, 3.05) is 5.32 Å². The van der Waals surface area contributed by atoms with Gasteiger partial charge in [-0.05, 0) is 38.1 Å². The van der Waals surface area contributed by atoms with E-state index in [2.05, 4.69) is 10.0 Å². The SMILES string of the molecule is Cc1ccc(S(=O)(=O)N[C@H](C)C(=O)Nc2cc(Cl)c(Cl)cc2Cl)cc1. The summed E-state index contributed by atoms with van der Waals surface area (Å²) >= 11 is 17.7. The van der Waals surface area contributed by atoms with Crippen molar-refractivity contribution in [3.05, 3.63) is 57.0 Å². The zero-order chi connectivity index (χ0) is 18.8. The molecule has 2 aromatic rings. The fourth-order valence-electron chi connectivity index (χ4n) is 1.93. The van der Waals surface area contributed by atoms with Crippen molar-refractivity contribution < 1.29 is 13.2 Å². The van der Waals surface area contributed by atoms with E-state index < -0.39 is 22.0 Å². The van der Waals surface area contributed by atoms with E-state index in [1.807, 2.05) is 6.92 Å². The van der Waals surface area contributed by atoms with Crippen LogP contribution >= 0.6 is 34.8 Å². The van der Waals surface area contributed by atoms with Crippen LogP contribution < -0.4 is 10.0 Å². The minimum Gasteiger partial charge on any atom is -0.323 e. The van der Waals surface area contributed by atoms with E-state index >= 15 is 0 Å². The molecule has 1 amide bonds. The van der Waals surface area contributed by atoms with Crippen molar-refractivity contribution in [3.63, 3.8) is 0 Å². The monoisotopic (exact) mass is 420 g/mol. The molecule has 0 bridgehead atoms. The number of benzene rings is 2. The first-order valence-corrected chi connectivity index (χ1v) is 9.76. The fourth-order valence-corrected chi connectivity index (χ4v) is 3.73. The van der Waals surface area contributed by atoms with Crippen LogP contribution in [0.5, 0.6) is 0 Å². The van der Waals surface area contributed by atoms with E-state index in [0.29, 0.717) is 0 Å². The molecule has 1 atom stereocenters. The van der Waals surface area contributed by atoms with Crippen molar-refractivity contribution in [2.24, 2.45) is 0 Å². The summed E-state index contributed by atoms with van der Waals surface area (Å²) in [6.45, 7) is 3.27. The smallest absolute Gasteiger partial charge is 0.242 e. The van der Waals surface area contributed by atoms with Gasteiger partial charge in [-0.25, -0.2) is 8.42 Å². The summed E-state index contributed by atoms with van der Waals surface area (Å²) in [6.07, 6.45) is 0. The van der Waals surface area contributed by atoms with Crippen LogP contribution in [0.1, 0.15) is 12.5 Å². The maximum atomic E-state index is 12.3. The highest BCUT2D eigenvalue weighted by atomic mass is 35.5. The highest BCUT2D eigenvalue weighted by Crippen LogP contribution is 2.32. The lowest BCUT2D eigenvalue weighted by atomic mass is 10.2. The van der Waals surface area contributed by atoms with Gasteiger partial charge in [-0.3, -0.25) is 4.79 Å². The first-order valence-electron chi connectivity index (χ1n) is 7.14. The number of anilines is 1. The number of hydrogen-bond donors (Lipinski definition) is 2. The van der Waals surface area contributed by atoms with E-state index in [-0.39, 0.29) is 25.7 Å². The molecule has 0 radical (unpaired) electrons. The number of rotatable bonds is 5. The van der Waals surface area contributed by atoms with Gasteiger partial charge in [0.05, 0.1) is 31.7 Å². The Morgan fingerprint density at radius 3 is 2.16 bits per heavy atom. The Bertz CT molecular complexity index is 900. The third-order valence-electron chi connectivity index (χ3n) is 3.32. The van der Waals surface area contributed by atoms with Crippen LogP contribution in [0, 0.1) is 6.92 Å². The van der Waals surface area contributed by atoms with Crippen molar-refractivity contribution in [3.8, 4) is 0 Å². The second-order valence-corrected chi connectivity index (χ2v) is 8.33. The number of nitrogens with one attached hydrogen (secondary N) is 2. The topological polar surface area (TPSA) is 75.3 Å². The Labute approximate surface area is 161 Å². The lowest BCUT2D eigenvalue weighted by Crippen LogP contribution is -2.41. The fraction of sp³-hybridized carbons (Fsp3) is 0.188. The number of halogens is 3. The molecule has 0 fully saturated rings. The normalized spacial score (nSPS) is 12.7. The van der Waals surface area contributed by atoms with Crippen LogP contribution in [0.2, 0.25) is 15.1 Å². The predicted octanol–water partition coefficient (Wildman–Crippen LogP) is 4.26. The van der Waals surface area contributed by atoms with Gasteiger partial charge < -0.3 is 5.32 Å². The Balaban J connectivity index is 2.12. The van der Waals surface area contributed by atoms with Gasteiger partial charge in [0.2, 0.25) is 15.9 Å². The van der Waals surface area contributed by atoms with Gasteiger partial charge in [-0.2, -0.15) is 4.72 Å². The first-order chi connectivity index (χ1) is 11.6. The molecule has 2 aromatic carbocycles. The van der Waals surface area contributed by atoms with E-state index in [1.54, 1.807) is 12.1 Å². The van der Waals surface area contributed by atoms with E-state index in [4.69, 9.17) is 34.8 Å². The van der Waals surface area contributed by atoms with E-state index in [0.717, 1.165) is 5.56 Å². The number of sulfonamides is 1. The summed E-state index contributed by atoms with van der Waals surface area (Å²) in [7, 11) is -3.83. The van der Waals surface area contributed by atoms with Crippen LogP contribution in [0.15, 0.2) is 41.3 Å². The Kier molecular flexibility index (Phi) is 6.35. The molecular formula is C16H15Cl3N2O3S. The lowest BCUT2D eigenvalue weighted by Gasteiger charge is -2.15. The number of carbonyl (C=O) groups excluding carboxylic acids is 1. The van der Waals surface area contributed by atoms with Gasteiger partial charge in [0, 0.05) is 0 Å². The molecule has 25 heavy (non-hydrogen) atoms. The summed E-state index contributed by atoms with van der Waals surface area (Å²) in [6, 6.07) is 8.05. The van der Waals surface area contributed by atoms with Gasteiger partial charge in [-0.1, -0.05) is 52.5 Å². The summed E-state index contributed by atoms with van der Waals surface area (Å²) in [5.74, 6) is -0.587. The molecule has 0 saturated heterocycles. The molecule has 0 saturated carbocycles. The second-order valence-electron chi connectivity index (χ2n) is 5.39. The van der Waals surface area contributed by atoms with Crippen LogP contribution in [-0.4, -0.2) is 20.4 Å². The summed E-state index contributed by atoms with van der Waals surface area (Å²) in [5, 5.41) is 3.18. The largest absolute Gasteiger partial charge is 0.323 e. The Morgan fingerprint density at radius 1 is 1.00 bits per heavy atom. The van der Waals surface area contributed by atoms with E-state index in [9.17, 15) is 13.2 Å². The molecule has 0 heterocycles. The molecule has 0 aliphatic heterocycles. The number of carbonyl (C=O) groups is 1. The molecule has 5 nitrogen and oxygen atoms in total. The molecule has 134 valence electrons. The van der Waals surface area contributed by atoms with E-state index in [1.165, 1.54) is 31.2 Å². The molecule has 0 aliphatic rings. The predicted molar refractivity (Wildman–Crippen MR) is 101 cm³/mol. The highest BCUT2D eigenvalue weighted by Gasteiger charge is 2.22. The van der Waals surface area contributed by atoms with Crippen LogP contribution in [0.3, 0.4) is 0 Å². The average molecular weight is 422 g/mol. The minimum absolute atomic E-state index is 0.0744. The minimum atomic E-state index is -3.83. The summed E-state index contributed by atoms with van der Waals surface area (Å²) in [4.78, 5) is 12.3. The van der Waals surface area contributed by atoms with Crippen LogP contribution in [0.4, 0.5) is 5.69 Å². The maximum Gasteiger partial charge on any atom is 0.242 e. The van der Waals surface area contributed by atoms with Crippen LogP contribution in [0.25, 0.3) is 0 Å². The average Bonchev–Trinajstić information content (AvgIpc) is 2.52. The molecular weight excluding hydrogens is 407 g/mol. The quantitative estimate of drug-likeness (QED) is 0.708. The molecule has 0 unspecified atom stereocenters. The van der Waals surface area contributed by atoms with Gasteiger partial charge in [0.15, 0.2) is 0 Å². The van der Waals surface area contributed by atoms with Crippen LogP contribution in [-0.2, 0) is 14.8 Å². The molecule has 0 aliphatic carbocycles. The molecule has 0 aromatic heterocycles. The van der Waals surface area contributed by atoms with Gasteiger partial charge in [0.25, 0.3) is 0 Å².